The molecule has 356 valence electrons. The van der Waals surface area contributed by atoms with Crippen molar-refractivity contribution in [3.05, 3.63) is 30.5 Å². The zero-order chi connectivity index (χ0) is 46.8. The highest BCUT2D eigenvalue weighted by atomic mass is 32.2. The lowest BCUT2D eigenvalue weighted by molar-refractivity contribution is -0.137. The highest BCUT2D eigenvalue weighted by Gasteiger charge is 2.50. The minimum absolute atomic E-state index is 0.0308. The molecule has 28 heteroatoms. The maximum Gasteiger partial charge on any atom is 0.481 e. The van der Waals surface area contributed by atoms with Gasteiger partial charge < -0.3 is 50.9 Å². The average Bonchev–Trinajstić information content (AvgIpc) is 3.76. The standard InChI is InChI=1S/C35H58N7O17P3S/c1-4-5-6-7-8-9-10-11-12-13-14-15-26(44)63-19-18-37-25(43)16-17-38-33(47)30(46)35(2,3)21-56-62(53,54)59-61(51,52)55-20-24-29(58-60(48,49)50)28(45)34(57-24)42-23-41-27-31(36)39-22-40-32(27)42/h12,14,22-24,28-30,34,45-46H,4-11,15-21H2,1-3H3,(H,37,43)(H,38,47)(H,51,52)(H,53,54)(H2,36,39,40)(H2,48,49,50)/t13?,24-,28-,29-,30-,34-/m1/s1. The number of amides is 2. The Kier molecular flexibility index (Phi) is 22.2. The normalized spacial score (nSPS) is 20.3. The van der Waals surface area contributed by atoms with Crippen LogP contribution in [-0.4, -0.2) is 123 Å². The summed E-state index contributed by atoms with van der Waals surface area (Å²) >= 11 is 1.07. The van der Waals surface area contributed by atoms with Crippen molar-refractivity contribution in [2.24, 2.45) is 5.41 Å². The van der Waals surface area contributed by atoms with E-state index in [0.717, 1.165) is 41.8 Å². The van der Waals surface area contributed by atoms with Crippen LogP contribution in [0.4, 0.5) is 5.82 Å². The summed E-state index contributed by atoms with van der Waals surface area (Å²) < 4.78 is 62.3. The van der Waals surface area contributed by atoms with Crippen molar-refractivity contribution in [1.82, 2.24) is 30.2 Å². The fraction of sp³-hybridized carbons (Fsp3) is 0.686. The molecule has 10 N–H and O–H groups in total. The molecule has 1 aliphatic rings. The van der Waals surface area contributed by atoms with E-state index in [1.807, 2.05) is 6.08 Å². The summed E-state index contributed by atoms with van der Waals surface area (Å²) in [4.78, 5) is 88.0. The smallest absolute Gasteiger partial charge is 0.386 e. The molecule has 7 atom stereocenters. The number of nitrogens with one attached hydrogen (secondary N) is 2. The number of aliphatic hydroxyl groups excluding tert-OH is 2. The number of ether oxygens (including phenoxy) is 1. The second kappa shape index (κ2) is 25.7. The van der Waals surface area contributed by atoms with Gasteiger partial charge in [-0.25, -0.2) is 28.6 Å². The van der Waals surface area contributed by atoms with Gasteiger partial charge in [-0.3, -0.25) is 32.5 Å². The van der Waals surface area contributed by atoms with Gasteiger partial charge in [-0.15, -0.1) is 5.73 Å². The minimum atomic E-state index is -5.58. The number of hydrogen-bond donors (Lipinski definition) is 9. The van der Waals surface area contributed by atoms with Crippen LogP contribution in [0.1, 0.15) is 91.2 Å². The number of carbonyl (C=O) groups is 3. The molecule has 2 aromatic rings. The van der Waals surface area contributed by atoms with E-state index in [9.17, 15) is 57.9 Å². The molecule has 0 aliphatic carbocycles. The van der Waals surface area contributed by atoms with E-state index in [-0.39, 0.29) is 48.0 Å². The molecule has 1 saturated heterocycles. The van der Waals surface area contributed by atoms with Gasteiger partial charge in [0, 0.05) is 37.1 Å². The number of phosphoric acid groups is 3. The number of imidazole rings is 1. The lowest BCUT2D eigenvalue weighted by atomic mass is 9.87. The molecule has 24 nitrogen and oxygen atoms in total. The van der Waals surface area contributed by atoms with Crippen molar-refractivity contribution in [3.8, 4) is 0 Å². The molecular formula is C35H58N7O17P3S. The Morgan fingerprint density at radius 2 is 1.68 bits per heavy atom. The van der Waals surface area contributed by atoms with Gasteiger partial charge in [-0.05, 0) is 25.0 Å². The van der Waals surface area contributed by atoms with E-state index < -0.39 is 84.6 Å². The first-order valence-corrected chi connectivity index (χ1v) is 25.5. The lowest BCUT2D eigenvalue weighted by Gasteiger charge is -2.30. The van der Waals surface area contributed by atoms with Gasteiger partial charge in [0.15, 0.2) is 22.8 Å². The maximum atomic E-state index is 12.7. The lowest BCUT2D eigenvalue weighted by Crippen LogP contribution is -2.46. The zero-order valence-corrected chi connectivity index (χ0v) is 38.6. The van der Waals surface area contributed by atoms with Crippen molar-refractivity contribution in [3.63, 3.8) is 0 Å². The summed E-state index contributed by atoms with van der Waals surface area (Å²) in [6.45, 7) is 2.69. The van der Waals surface area contributed by atoms with Crippen molar-refractivity contribution >= 4 is 69.1 Å². The summed E-state index contributed by atoms with van der Waals surface area (Å²) in [5.41, 5.74) is 7.30. The zero-order valence-electron chi connectivity index (χ0n) is 35.1. The second-order valence-corrected chi connectivity index (χ2v) is 20.4. The summed E-state index contributed by atoms with van der Waals surface area (Å²) in [7, 11) is -16.4. The minimum Gasteiger partial charge on any atom is -0.386 e. The summed E-state index contributed by atoms with van der Waals surface area (Å²) in [6.07, 6.45) is 6.41. The number of nitrogen functional groups attached to an aromatic ring is 1. The Balaban J connectivity index is 1.38. The molecule has 2 amide bonds. The molecule has 0 bridgehead atoms. The molecular weight excluding hydrogens is 915 g/mol. The third kappa shape index (κ3) is 19.2. The van der Waals surface area contributed by atoms with Crippen LogP contribution in [0.5, 0.6) is 0 Å². The predicted molar refractivity (Wildman–Crippen MR) is 227 cm³/mol. The van der Waals surface area contributed by atoms with Crippen LogP contribution in [0.25, 0.3) is 11.2 Å². The molecule has 2 unspecified atom stereocenters. The Morgan fingerprint density at radius 3 is 2.38 bits per heavy atom. The van der Waals surface area contributed by atoms with Gasteiger partial charge in [-0.2, -0.15) is 4.31 Å². The van der Waals surface area contributed by atoms with Crippen LogP contribution >= 0.6 is 35.2 Å². The highest BCUT2D eigenvalue weighted by Crippen LogP contribution is 2.61. The van der Waals surface area contributed by atoms with Crippen LogP contribution in [0, 0.1) is 5.41 Å². The summed E-state index contributed by atoms with van der Waals surface area (Å²) in [6, 6.07) is 0. The molecule has 1 fully saturated rings. The summed E-state index contributed by atoms with van der Waals surface area (Å²) in [5, 5.41) is 26.4. The van der Waals surface area contributed by atoms with Gasteiger partial charge in [0.1, 0.15) is 36.3 Å². The number of nitrogens with zero attached hydrogens (tertiary/aromatic N) is 4. The van der Waals surface area contributed by atoms with Crippen molar-refractivity contribution in [2.45, 2.75) is 116 Å². The van der Waals surface area contributed by atoms with Crippen LogP contribution in [-0.2, 0) is 50.7 Å². The van der Waals surface area contributed by atoms with Crippen LogP contribution in [0.3, 0.4) is 0 Å². The number of anilines is 1. The number of carbonyl (C=O) groups excluding carboxylic acids is 3. The quantitative estimate of drug-likeness (QED) is 0.0321. The molecule has 63 heavy (non-hydrogen) atoms. The summed E-state index contributed by atoms with van der Waals surface area (Å²) in [5.74, 6) is -1.12. The van der Waals surface area contributed by atoms with E-state index in [1.54, 1.807) is 6.08 Å². The molecule has 3 rings (SSSR count). The van der Waals surface area contributed by atoms with Gasteiger partial charge in [0.25, 0.3) is 0 Å². The van der Waals surface area contributed by atoms with Crippen molar-refractivity contribution in [1.29, 1.82) is 0 Å². The molecule has 0 radical (unpaired) electrons. The van der Waals surface area contributed by atoms with E-state index >= 15 is 0 Å². The van der Waals surface area contributed by atoms with Crippen LogP contribution < -0.4 is 16.4 Å². The van der Waals surface area contributed by atoms with E-state index in [4.69, 9.17) is 19.5 Å². The number of hydrogen-bond acceptors (Lipinski definition) is 18. The molecule has 0 spiro atoms. The Morgan fingerprint density at radius 1 is 1.00 bits per heavy atom. The molecule has 1 aliphatic heterocycles. The largest absolute Gasteiger partial charge is 0.481 e. The highest BCUT2D eigenvalue weighted by molar-refractivity contribution is 8.13. The third-order valence-electron chi connectivity index (χ3n) is 9.22. The molecule has 3 heterocycles. The number of rotatable bonds is 29. The third-order valence-corrected chi connectivity index (χ3v) is 13.2. The predicted octanol–water partition coefficient (Wildman–Crippen LogP) is 2.91. The molecule has 0 saturated carbocycles. The number of thioether (sulfide) groups is 1. The van der Waals surface area contributed by atoms with Crippen LogP contribution in [0.2, 0.25) is 0 Å². The van der Waals surface area contributed by atoms with E-state index in [2.05, 4.69) is 47.1 Å². The fourth-order valence-electron chi connectivity index (χ4n) is 5.87. The Labute approximate surface area is 368 Å². The monoisotopic (exact) mass is 973 g/mol. The fourth-order valence-corrected chi connectivity index (χ4v) is 9.33. The number of phosphoric ester groups is 3. The molecule has 0 aromatic carbocycles. The van der Waals surface area contributed by atoms with E-state index in [1.165, 1.54) is 52.4 Å². The van der Waals surface area contributed by atoms with Gasteiger partial charge in [-0.1, -0.05) is 71.1 Å². The maximum absolute atomic E-state index is 12.7. The van der Waals surface area contributed by atoms with Crippen LogP contribution in [0.15, 0.2) is 30.5 Å². The number of fused-ring (bicyclic) bond motifs is 1. The van der Waals surface area contributed by atoms with Gasteiger partial charge >= 0.3 is 23.5 Å². The topological polar surface area (TPSA) is 364 Å². The Bertz CT molecular complexity index is 2030. The number of aliphatic hydroxyl groups is 2. The second-order valence-electron chi connectivity index (χ2n) is 15.0. The first-order chi connectivity index (χ1) is 29.6. The Hall–Kier alpha value is -2.92. The molecule has 2 aromatic heterocycles. The number of nitrogens with two attached hydrogens (primary N) is 1. The van der Waals surface area contributed by atoms with Crippen molar-refractivity contribution in [2.75, 3.05) is 37.8 Å². The first-order valence-electron chi connectivity index (χ1n) is 20.0. The SMILES string of the molecule is CCCCCCCCCC=C=CCC(=O)SCCNC(=O)CCNC(=O)[C@@H](O)C(C)(C)COP(=O)(O)OP(=O)(O)OC[C@H]1O[C@@H](n2cnc3c(N)ncnc32)[C@H](O)[C@@H]1OP(=O)(O)O. The number of unbranched alkanes of at least 4 members (excludes halogenated alkanes) is 7. The van der Waals surface area contributed by atoms with Gasteiger partial charge in [0.05, 0.1) is 19.5 Å². The number of aromatic nitrogens is 4. The van der Waals surface area contributed by atoms with Gasteiger partial charge in [0.2, 0.25) is 11.8 Å². The first kappa shape index (κ1) is 54.4. The van der Waals surface area contributed by atoms with Crippen molar-refractivity contribution < 1.29 is 80.5 Å². The average molecular weight is 974 g/mol. The number of allylic oxidation sites excluding steroid dienone is 1. The van der Waals surface area contributed by atoms with E-state index in [0.29, 0.717) is 5.75 Å².